The van der Waals surface area contributed by atoms with Crippen LogP contribution in [0, 0.1) is 0 Å². The minimum absolute atomic E-state index is 0.0352. The van der Waals surface area contributed by atoms with Gasteiger partial charge in [-0.2, -0.15) is 0 Å². The summed E-state index contributed by atoms with van der Waals surface area (Å²) in [5.41, 5.74) is 2.25. The lowest BCUT2D eigenvalue weighted by atomic mass is 9.80. The summed E-state index contributed by atoms with van der Waals surface area (Å²) >= 11 is 0. The van der Waals surface area contributed by atoms with E-state index in [0.717, 1.165) is 41.2 Å². The molecule has 0 radical (unpaired) electrons. The number of methoxy groups -OCH3 is 3. The maximum atomic E-state index is 6.90. The molecular weight excluding hydrogens is 414 g/mol. The average molecular weight is 450 g/mol. The van der Waals surface area contributed by atoms with Gasteiger partial charge in [-0.1, -0.05) is 54.6 Å². The second-order valence-corrected chi connectivity index (χ2v) is 8.26. The lowest BCUT2D eigenvalue weighted by molar-refractivity contribution is -0.0552. The minimum atomic E-state index is -0.825. The molecule has 1 unspecified atom stereocenters. The van der Waals surface area contributed by atoms with Crippen LogP contribution < -0.4 is 9.47 Å². The number of nitrogens with zero attached hydrogens (tertiary/aromatic N) is 1. The maximum absolute atomic E-state index is 6.90. The molecular formula is C28H35NO4. The zero-order valence-corrected chi connectivity index (χ0v) is 20.3. The third-order valence-corrected chi connectivity index (χ3v) is 5.89. The number of hydrogen-bond acceptors (Lipinski definition) is 5. The van der Waals surface area contributed by atoms with Crippen molar-refractivity contribution in [2.45, 2.75) is 18.1 Å². The zero-order chi connectivity index (χ0) is 23.7. The number of hydrogen-bond donors (Lipinski definition) is 0. The van der Waals surface area contributed by atoms with Gasteiger partial charge in [0.15, 0.2) is 0 Å². The van der Waals surface area contributed by atoms with E-state index in [2.05, 4.69) is 55.4 Å². The summed E-state index contributed by atoms with van der Waals surface area (Å²) in [4.78, 5) is 2.16. The maximum Gasteiger partial charge on any atom is 0.143 e. The summed E-state index contributed by atoms with van der Waals surface area (Å²) in [5, 5.41) is 0. The van der Waals surface area contributed by atoms with Gasteiger partial charge in [0.2, 0.25) is 0 Å². The first kappa shape index (κ1) is 24.8. The predicted molar refractivity (Wildman–Crippen MR) is 132 cm³/mol. The van der Waals surface area contributed by atoms with Crippen molar-refractivity contribution in [1.82, 2.24) is 4.90 Å². The Bertz CT molecular complexity index is 908. The molecule has 3 aromatic rings. The first-order chi connectivity index (χ1) is 16.0. The minimum Gasteiger partial charge on any atom is -0.497 e. The highest BCUT2D eigenvalue weighted by molar-refractivity contribution is 5.49. The Morgan fingerprint density at radius 1 is 0.697 bits per heavy atom. The van der Waals surface area contributed by atoms with Gasteiger partial charge in [-0.3, -0.25) is 0 Å². The highest BCUT2D eigenvalue weighted by Crippen LogP contribution is 2.41. The van der Waals surface area contributed by atoms with Crippen molar-refractivity contribution < 1.29 is 18.9 Å². The Hall–Kier alpha value is -2.86. The topological polar surface area (TPSA) is 40.2 Å². The molecule has 0 heterocycles. The summed E-state index contributed by atoms with van der Waals surface area (Å²) in [6.07, 6.45) is 0.839. The molecule has 0 bridgehead atoms. The number of rotatable bonds is 12. The quantitative estimate of drug-likeness (QED) is 0.365. The van der Waals surface area contributed by atoms with Crippen LogP contribution in [-0.2, 0) is 15.1 Å². The van der Waals surface area contributed by atoms with Crippen molar-refractivity contribution in [2.75, 3.05) is 48.6 Å². The van der Waals surface area contributed by atoms with Crippen LogP contribution >= 0.6 is 0 Å². The zero-order valence-electron chi connectivity index (χ0n) is 20.3. The predicted octanol–water partition coefficient (Wildman–Crippen LogP) is 4.98. The molecule has 0 aliphatic rings. The van der Waals surface area contributed by atoms with Crippen LogP contribution in [-0.4, -0.2) is 59.6 Å². The van der Waals surface area contributed by atoms with Crippen LogP contribution in [0.2, 0.25) is 0 Å². The smallest absolute Gasteiger partial charge is 0.143 e. The highest BCUT2D eigenvalue weighted by atomic mass is 16.5. The summed E-state index contributed by atoms with van der Waals surface area (Å²) in [7, 11) is 9.22. The standard InChI is InChI=1S/C28H35NO4/c1-29(2)20-19-27(32-5)21-33-28(22-9-7-6-8-10-22,23-11-15-25(30-3)16-12-23)24-13-17-26(31-4)18-14-24/h6-18,27H,19-21H2,1-5H3. The first-order valence-electron chi connectivity index (χ1n) is 11.2. The monoisotopic (exact) mass is 449 g/mol. The first-order valence-corrected chi connectivity index (χ1v) is 11.2. The highest BCUT2D eigenvalue weighted by Gasteiger charge is 2.38. The van der Waals surface area contributed by atoms with Crippen LogP contribution in [0.1, 0.15) is 23.1 Å². The lowest BCUT2D eigenvalue weighted by Crippen LogP contribution is -2.36. The lowest BCUT2D eigenvalue weighted by Gasteiger charge is -2.37. The van der Waals surface area contributed by atoms with E-state index < -0.39 is 5.60 Å². The van der Waals surface area contributed by atoms with Gasteiger partial charge in [-0.25, -0.2) is 0 Å². The molecule has 3 aromatic carbocycles. The second kappa shape index (κ2) is 11.8. The van der Waals surface area contributed by atoms with Crippen LogP contribution in [0.25, 0.3) is 0 Å². The second-order valence-electron chi connectivity index (χ2n) is 8.26. The van der Waals surface area contributed by atoms with Gasteiger partial charge < -0.3 is 23.8 Å². The van der Waals surface area contributed by atoms with Crippen molar-refractivity contribution in [2.24, 2.45) is 0 Å². The Kier molecular flexibility index (Phi) is 8.89. The Balaban J connectivity index is 2.11. The van der Waals surface area contributed by atoms with Crippen LogP contribution in [0.4, 0.5) is 0 Å². The molecule has 0 spiro atoms. The number of ether oxygens (including phenoxy) is 4. The van der Waals surface area contributed by atoms with Crippen LogP contribution in [0.15, 0.2) is 78.9 Å². The molecule has 5 nitrogen and oxygen atoms in total. The molecule has 0 aliphatic carbocycles. The molecule has 33 heavy (non-hydrogen) atoms. The molecule has 0 saturated carbocycles. The molecule has 5 heteroatoms. The molecule has 0 amide bonds. The molecule has 0 aromatic heterocycles. The molecule has 3 rings (SSSR count). The van der Waals surface area contributed by atoms with Crippen molar-refractivity contribution in [1.29, 1.82) is 0 Å². The molecule has 176 valence electrons. The van der Waals surface area contributed by atoms with Crippen LogP contribution in [0.3, 0.4) is 0 Å². The molecule has 0 fully saturated rings. The van der Waals surface area contributed by atoms with E-state index in [1.54, 1.807) is 21.3 Å². The summed E-state index contributed by atoms with van der Waals surface area (Å²) < 4.78 is 23.5. The fraction of sp³-hybridized carbons (Fsp3) is 0.357. The number of benzene rings is 3. The van der Waals surface area contributed by atoms with E-state index in [9.17, 15) is 0 Å². The molecule has 0 aliphatic heterocycles. The molecule has 1 atom stereocenters. The van der Waals surface area contributed by atoms with Gasteiger partial charge in [0.1, 0.15) is 17.1 Å². The van der Waals surface area contributed by atoms with Crippen molar-refractivity contribution in [3.63, 3.8) is 0 Å². The summed E-state index contributed by atoms with van der Waals surface area (Å²) in [5.74, 6) is 1.60. The largest absolute Gasteiger partial charge is 0.497 e. The van der Waals surface area contributed by atoms with Gasteiger partial charge in [0.05, 0.1) is 26.9 Å². The van der Waals surface area contributed by atoms with Crippen LogP contribution in [0.5, 0.6) is 11.5 Å². The van der Waals surface area contributed by atoms with Gasteiger partial charge in [-0.15, -0.1) is 0 Å². The average Bonchev–Trinajstić information content (AvgIpc) is 2.87. The Morgan fingerprint density at radius 3 is 1.61 bits per heavy atom. The summed E-state index contributed by atoms with van der Waals surface area (Å²) in [6.45, 7) is 1.36. The van der Waals surface area contributed by atoms with Gasteiger partial charge in [-0.05, 0) is 61.5 Å². The molecule has 0 N–H and O–H groups in total. The Labute approximate surface area is 197 Å². The van der Waals surface area contributed by atoms with Gasteiger partial charge in [0, 0.05) is 13.7 Å². The van der Waals surface area contributed by atoms with Gasteiger partial charge in [0.25, 0.3) is 0 Å². The Morgan fingerprint density at radius 2 is 1.18 bits per heavy atom. The normalized spacial score (nSPS) is 12.5. The molecule has 0 saturated heterocycles. The third-order valence-electron chi connectivity index (χ3n) is 5.89. The van der Waals surface area contributed by atoms with Crippen molar-refractivity contribution in [3.05, 3.63) is 95.6 Å². The SMILES string of the molecule is COc1ccc(C(OCC(CCN(C)C)OC)(c2ccccc2)c2ccc(OC)cc2)cc1. The summed E-state index contributed by atoms with van der Waals surface area (Å²) in [6, 6.07) is 26.5. The van der Waals surface area contributed by atoms with E-state index in [1.165, 1.54) is 0 Å². The van der Waals surface area contributed by atoms with Gasteiger partial charge >= 0.3 is 0 Å². The van der Waals surface area contributed by atoms with E-state index >= 15 is 0 Å². The third kappa shape index (κ3) is 5.93. The van der Waals surface area contributed by atoms with Crippen molar-refractivity contribution in [3.8, 4) is 11.5 Å². The van der Waals surface area contributed by atoms with E-state index in [4.69, 9.17) is 18.9 Å². The van der Waals surface area contributed by atoms with E-state index in [0.29, 0.717) is 6.61 Å². The van der Waals surface area contributed by atoms with Crippen molar-refractivity contribution >= 4 is 0 Å². The fourth-order valence-corrected chi connectivity index (χ4v) is 3.96. The van der Waals surface area contributed by atoms with E-state index in [1.807, 2.05) is 42.5 Å². The fourth-order valence-electron chi connectivity index (χ4n) is 3.96. The van der Waals surface area contributed by atoms with E-state index in [-0.39, 0.29) is 6.10 Å².